The van der Waals surface area contributed by atoms with E-state index in [9.17, 15) is 9.59 Å². The van der Waals surface area contributed by atoms with Crippen molar-refractivity contribution in [1.82, 2.24) is 14.5 Å². The number of benzene rings is 1. The monoisotopic (exact) mass is 287 g/mol. The van der Waals surface area contributed by atoms with Crippen LogP contribution in [0.3, 0.4) is 0 Å². The predicted octanol–water partition coefficient (Wildman–Crippen LogP) is 0.307. The highest BCUT2D eigenvalue weighted by Gasteiger charge is 2.23. The van der Waals surface area contributed by atoms with Crippen LogP contribution in [0.4, 0.5) is 0 Å². The van der Waals surface area contributed by atoms with Gasteiger partial charge in [0.15, 0.2) is 0 Å². The Morgan fingerprint density at radius 1 is 1.24 bits per heavy atom. The van der Waals surface area contributed by atoms with Crippen molar-refractivity contribution in [2.24, 2.45) is 14.1 Å². The lowest BCUT2D eigenvalue weighted by Gasteiger charge is -2.14. The van der Waals surface area contributed by atoms with Crippen LogP contribution >= 0.6 is 0 Å². The standard InChI is InChI=1S/C15H17N3O3/c1-17-10(7-14(19)18(2)15(17)20)8-16-12-9-21-13-6-4-3-5-11(12)13/h3-7,12,16H,8-9H2,1-2H3. The Morgan fingerprint density at radius 3 is 2.81 bits per heavy atom. The van der Waals surface area contributed by atoms with E-state index in [1.807, 2.05) is 24.3 Å². The van der Waals surface area contributed by atoms with Gasteiger partial charge in [0.25, 0.3) is 5.56 Å². The van der Waals surface area contributed by atoms with E-state index in [0.29, 0.717) is 18.8 Å². The van der Waals surface area contributed by atoms with Gasteiger partial charge in [0.1, 0.15) is 12.4 Å². The molecule has 0 saturated carbocycles. The third-order valence-electron chi connectivity index (χ3n) is 3.85. The summed E-state index contributed by atoms with van der Waals surface area (Å²) in [6.45, 7) is 0.988. The highest BCUT2D eigenvalue weighted by Crippen LogP contribution is 2.31. The smallest absolute Gasteiger partial charge is 0.330 e. The number of rotatable bonds is 3. The van der Waals surface area contributed by atoms with Gasteiger partial charge in [-0.3, -0.25) is 13.9 Å². The summed E-state index contributed by atoms with van der Waals surface area (Å²) in [7, 11) is 3.14. The van der Waals surface area contributed by atoms with E-state index in [1.165, 1.54) is 17.7 Å². The number of nitrogens with one attached hydrogen (secondary N) is 1. The van der Waals surface area contributed by atoms with Gasteiger partial charge in [-0.25, -0.2) is 4.79 Å². The first-order valence-electron chi connectivity index (χ1n) is 6.79. The molecular weight excluding hydrogens is 270 g/mol. The van der Waals surface area contributed by atoms with Gasteiger partial charge in [-0.1, -0.05) is 18.2 Å². The van der Waals surface area contributed by atoms with E-state index in [1.54, 1.807) is 7.05 Å². The molecule has 1 atom stereocenters. The lowest BCUT2D eigenvalue weighted by molar-refractivity contribution is 0.309. The Bertz CT molecular complexity index is 791. The number of ether oxygens (including phenoxy) is 1. The molecule has 1 aliphatic heterocycles. The largest absolute Gasteiger partial charge is 0.491 e. The molecule has 0 fully saturated rings. The first-order chi connectivity index (χ1) is 10.1. The summed E-state index contributed by atoms with van der Waals surface area (Å²) in [5.41, 5.74) is 1.15. The highest BCUT2D eigenvalue weighted by molar-refractivity contribution is 5.39. The summed E-state index contributed by atoms with van der Waals surface area (Å²) < 4.78 is 8.18. The highest BCUT2D eigenvalue weighted by atomic mass is 16.5. The molecular formula is C15H17N3O3. The molecule has 1 aromatic carbocycles. The maximum atomic E-state index is 11.9. The van der Waals surface area contributed by atoms with Gasteiger partial charge in [-0.2, -0.15) is 0 Å². The van der Waals surface area contributed by atoms with Crippen LogP contribution in [0.15, 0.2) is 39.9 Å². The van der Waals surface area contributed by atoms with Crippen LogP contribution in [0.5, 0.6) is 5.75 Å². The number of fused-ring (bicyclic) bond motifs is 1. The number of hydrogen-bond donors (Lipinski definition) is 1. The van der Waals surface area contributed by atoms with Crippen LogP contribution in [0.2, 0.25) is 0 Å². The third kappa shape index (κ3) is 2.38. The molecule has 3 rings (SSSR count). The molecule has 2 heterocycles. The quantitative estimate of drug-likeness (QED) is 0.882. The molecule has 1 N–H and O–H groups in total. The van der Waals surface area contributed by atoms with E-state index >= 15 is 0 Å². The summed E-state index contributed by atoms with van der Waals surface area (Å²) in [6.07, 6.45) is 0. The Kier molecular flexibility index (Phi) is 3.39. The van der Waals surface area contributed by atoms with Crippen LogP contribution in [0.1, 0.15) is 17.3 Å². The molecule has 0 saturated heterocycles. The van der Waals surface area contributed by atoms with Crippen LogP contribution in [0, 0.1) is 0 Å². The minimum absolute atomic E-state index is 0.0698. The molecule has 6 nitrogen and oxygen atoms in total. The SMILES string of the molecule is Cn1c(CNC2COc3ccccc32)cc(=O)n(C)c1=O. The molecule has 1 unspecified atom stereocenters. The summed E-state index contributed by atoms with van der Waals surface area (Å²) in [5.74, 6) is 0.882. The van der Waals surface area contributed by atoms with Gasteiger partial charge < -0.3 is 10.1 Å². The summed E-state index contributed by atoms with van der Waals surface area (Å²) >= 11 is 0. The van der Waals surface area contributed by atoms with Crippen molar-refractivity contribution in [3.8, 4) is 5.75 Å². The minimum Gasteiger partial charge on any atom is -0.491 e. The van der Waals surface area contributed by atoms with Crippen LogP contribution in [-0.4, -0.2) is 15.7 Å². The van der Waals surface area contributed by atoms with Crippen molar-refractivity contribution < 1.29 is 4.74 Å². The Balaban J connectivity index is 1.81. The van der Waals surface area contributed by atoms with E-state index in [4.69, 9.17) is 4.74 Å². The van der Waals surface area contributed by atoms with Crippen molar-refractivity contribution in [2.75, 3.05) is 6.61 Å². The van der Waals surface area contributed by atoms with Crippen LogP contribution in [0.25, 0.3) is 0 Å². The van der Waals surface area contributed by atoms with Crippen LogP contribution in [-0.2, 0) is 20.6 Å². The molecule has 0 amide bonds. The Labute approximate surface area is 121 Å². The molecule has 2 aromatic rings. The molecule has 0 radical (unpaired) electrons. The van der Waals surface area contributed by atoms with E-state index in [-0.39, 0.29) is 17.3 Å². The zero-order valence-electron chi connectivity index (χ0n) is 12.0. The van der Waals surface area contributed by atoms with Gasteiger partial charge >= 0.3 is 5.69 Å². The van der Waals surface area contributed by atoms with E-state index in [2.05, 4.69) is 5.32 Å². The van der Waals surface area contributed by atoms with E-state index < -0.39 is 0 Å². The number of nitrogens with zero attached hydrogens (tertiary/aromatic N) is 2. The molecule has 21 heavy (non-hydrogen) atoms. The average Bonchev–Trinajstić information content (AvgIpc) is 2.91. The van der Waals surface area contributed by atoms with Gasteiger partial charge in [-0.15, -0.1) is 0 Å². The van der Waals surface area contributed by atoms with Crippen molar-refractivity contribution >= 4 is 0 Å². The summed E-state index contributed by atoms with van der Waals surface area (Å²) in [6, 6.07) is 9.41. The molecule has 6 heteroatoms. The second kappa shape index (κ2) is 5.21. The average molecular weight is 287 g/mol. The topological polar surface area (TPSA) is 65.3 Å². The van der Waals surface area contributed by atoms with Gasteiger partial charge in [0, 0.05) is 38.0 Å². The van der Waals surface area contributed by atoms with Gasteiger partial charge in [0.05, 0.1) is 6.04 Å². The second-order valence-electron chi connectivity index (χ2n) is 5.16. The molecule has 0 bridgehead atoms. The lowest BCUT2D eigenvalue weighted by Crippen LogP contribution is -2.39. The van der Waals surface area contributed by atoms with E-state index in [0.717, 1.165) is 15.9 Å². The van der Waals surface area contributed by atoms with Gasteiger partial charge in [-0.05, 0) is 6.07 Å². The summed E-state index contributed by atoms with van der Waals surface area (Å²) in [4.78, 5) is 23.6. The predicted molar refractivity (Wildman–Crippen MR) is 78.4 cm³/mol. The molecule has 1 aliphatic rings. The number of hydrogen-bond acceptors (Lipinski definition) is 4. The number of para-hydroxylation sites is 1. The zero-order valence-corrected chi connectivity index (χ0v) is 12.0. The minimum atomic E-state index is -0.317. The second-order valence-corrected chi connectivity index (χ2v) is 5.16. The first-order valence-corrected chi connectivity index (χ1v) is 6.79. The Hall–Kier alpha value is -2.34. The lowest BCUT2D eigenvalue weighted by atomic mass is 10.1. The van der Waals surface area contributed by atoms with Gasteiger partial charge in [0.2, 0.25) is 0 Å². The van der Waals surface area contributed by atoms with Crippen LogP contribution < -0.4 is 21.3 Å². The number of aromatic nitrogens is 2. The normalized spacial score (nSPS) is 16.6. The molecule has 110 valence electrons. The third-order valence-corrected chi connectivity index (χ3v) is 3.85. The van der Waals surface area contributed by atoms with Crippen molar-refractivity contribution in [2.45, 2.75) is 12.6 Å². The fraction of sp³-hybridized carbons (Fsp3) is 0.333. The Morgan fingerprint density at radius 2 is 2.00 bits per heavy atom. The molecule has 1 aromatic heterocycles. The fourth-order valence-electron chi connectivity index (χ4n) is 2.51. The van der Waals surface area contributed by atoms with Crippen molar-refractivity contribution in [1.29, 1.82) is 0 Å². The fourth-order valence-corrected chi connectivity index (χ4v) is 2.51. The zero-order chi connectivity index (χ0) is 15.0. The van der Waals surface area contributed by atoms with Crippen molar-refractivity contribution in [3.63, 3.8) is 0 Å². The maximum absolute atomic E-state index is 11.9. The summed E-state index contributed by atoms with van der Waals surface area (Å²) in [5, 5.41) is 3.34. The molecule has 0 aliphatic carbocycles. The van der Waals surface area contributed by atoms with Crippen molar-refractivity contribution in [3.05, 3.63) is 62.4 Å². The molecule has 0 spiro atoms. The maximum Gasteiger partial charge on any atom is 0.330 e. The first kappa shape index (κ1) is 13.6.